The average Bonchev–Trinajstić information content (AvgIpc) is 3.06. The van der Waals surface area contributed by atoms with Crippen LogP contribution in [-0.4, -0.2) is 41.0 Å². The maximum Gasteiger partial charge on any atom is 0.138 e. The fraction of sp³-hybridized carbons (Fsp3) is 0.625. The lowest BCUT2D eigenvalue weighted by atomic mass is 10.1. The Morgan fingerprint density at radius 3 is 2.81 bits per heavy atom. The van der Waals surface area contributed by atoms with Crippen LogP contribution in [0.2, 0.25) is 0 Å². The highest BCUT2D eigenvalue weighted by Gasteiger charge is 2.16. The van der Waals surface area contributed by atoms with Crippen molar-refractivity contribution in [2.24, 2.45) is 5.92 Å². The largest absolute Gasteiger partial charge is 0.369 e. The molecule has 0 aliphatic carbocycles. The maximum absolute atomic E-state index is 4.46. The van der Waals surface area contributed by atoms with Crippen molar-refractivity contribution in [2.45, 2.75) is 33.6 Å². The third kappa shape index (κ3) is 3.19. The molecule has 0 aromatic carbocycles. The summed E-state index contributed by atoms with van der Waals surface area (Å²) in [4.78, 5) is 13.8. The van der Waals surface area contributed by atoms with Gasteiger partial charge in [-0.1, -0.05) is 6.92 Å². The van der Waals surface area contributed by atoms with Gasteiger partial charge in [0.25, 0.3) is 0 Å². The number of hydrogen-bond donors (Lipinski definition) is 1. The number of nitrogens with zero attached hydrogens (tertiary/aromatic N) is 3. The van der Waals surface area contributed by atoms with Gasteiger partial charge in [-0.05, 0) is 51.3 Å². The van der Waals surface area contributed by atoms with Crippen LogP contribution in [0.25, 0.3) is 10.2 Å². The standard InChI is InChI=1S/C16H24N4S/c1-11(9-20-6-4-5-7-20)8-17-15-14-12(2)13(3)21-16(14)19-10-18-15/h10-11H,4-9H2,1-3H3,(H,17,18,19). The minimum absolute atomic E-state index is 0.633. The zero-order chi connectivity index (χ0) is 14.8. The summed E-state index contributed by atoms with van der Waals surface area (Å²) in [6.07, 6.45) is 4.39. The first-order chi connectivity index (χ1) is 10.1. The lowest BCUT2D eigenvalue weighted by molar-refractivity contribution is 0.294. The van der Waals surface area contributed by atoms with E-state index in [2.05, 4.69) is 41.0 Å². The number of anilines is 1. The fourth-order valence-corrected chi connectivity index (χ4v) is 4.05. The Labute approximate surface area is 130 Å². The van der Waals surface area contributed by atoms with Crippen LogP contribution in [-0.2, 0) is 0 Å². The Morgan fingerprint density at radius 2 is 2.05 bits per heavy atom. The molecule has 0 bridgehead atoms. The van der Waals surface area contributed by atoms with Gasteiger partial charge in [-0.2, -0.15) is 0 Å². The number of fused-ring (bicyclic) bond motifs is 1. The van der Waals surface area contributed by atoms with Crippen molar-refractivity contribution in [1.82, 2.24) is 14.9 Å². The van der Waals surface area contributed by atoms with Gasteiger partial charge in [0.2, 0.25) is 0 Å². The summed E-state index contributed by atoms with van der Waals surface area (Å²) in [6, 6.07) is 0. The van der Waals surface area contributed by atoms with Gasteiger partial charge >= 0.3 is 0 Å². The molecule has 1 saturated heterocycles. The molecule has 2 aromatic heterocycles. The number of hydrogen-bond acceptors (Lipinski definition) is 5. The molecule has 0 saturated carbocycles. The van der Waals surface area contributed by atoms with Crippen molar-refractivity contribution in [1.29, 1.82) is 0 Å². The summed E-state index contributed by atoms with van der Waals surface area (Å²) in [5.74, 6) is 1.63. The van der Waals surface area contributed by atoms with Crippen molar-refractivity contribution in [2.75, 3.05) is 31.5 Å². The monoisotopic (exact) mass is 304 g/mol. The first-order valence-electron chi connectivity index (χ1n) is 7.82. The number of aryl methyl sites for hydroxylation is 2. The molecular weight excluding hydrogens is 280 g/mol. The normalized spacial score (nSPS) is 17.5. The Hall–Kier alpha value is -1.20. The van der Waals surface area contributed by atoms with Crippen LogP contribution in [0.1, 0.15) is 30.2 Å². The molecule has 4 nitrogen and oxygen atoms in total. The number of nitrogens with one attached hydrogen (secondary N) is 1. The zero-order valence-electron chi connectivity index (χ0n) is 13.1. The maximum atomic E-state index is 4.46. The van der Waals surface area contributed by atoms with Crippen LogP contribution in [0, 0.1) is 19.8 Å². The predicted octanol–water partition coefficient (Wildman–Crippen LogP) is 3.45. The first-order valence-corrected chi connectivity index (χ1v) is 8.63. The highest BCUT2D eigenvalue weighted by atomic mass is 32.1. The summed E-state index contributed by atoms with van der Waals surface area (Å²) in [6.45, 7) is 11.3. The molecule has 1 aliphatic heterocycles. The number of rotatable bonds is 5. The van der Waals surface area contributed by atoms with E-state index < -0.39 is 0 Å². The molecule has 3 heterocycles. The third-order valence-corrected chi connectivity index (χ3v) is 5.47. The lowest BCUT2D eigenvalue weighted by Crippen LogP contribution is -2.29. The third-order valence-electron chi connectivity index (χ3n) is 4.35. The molecule has 0 amide bonds. The van der Waals surface area contributed by atoms with E-state index in [0.717, 1.165) is 17.2 Å². The number of thiophene rings is 1. The molecular formula is C16H24N4S. The lowest BCUT2D eigenvalue weighted by Gasteiger charge is -2.20. The van der Waals surface area contributed by atoms with Gasteiger partial charge in [0.1, 0.15) is 17.0 Å². The van der Waals surface area contributed by atoms with Gasteiger partial charge in [0.15, 0.2) is 0 Å². The van der Waals surface area contributed by atoms with Gasteiger partial charge in [-0.25, -0.2) is 9.97 Å². The Morgan fingerprint density at radius 1 is 1.29 bits per heavy atom. The molecule has 1 fully saturated rings. The molecule has 0 spiro atoms. The van der Waals surface area contributed by atoms with Crippen LogP contribution in [0.4, 0.5) is 5.82 Å². The predicted molar refractivity (Wildman–Crippen MR) is 90.2 cm³/mol. The molecule has 1 N–H and O–H groups in total. The quantitative estimate of drug-likeness (QED) is 0.918. The Bertz CT molecular complexity index is 616. The molecule has 21 heavy (non-hydrogen) atoms. The Kier molecular flexibility index (Phi) is 4.40. The van der Waals surface area contributed by atoms with E-state index in [1.54, 1.807) is 17.7 Å². The summed E-state index contributed by atoms with van der Waals surface area (Å²) >= 11 is 1.75. The molecule has 2 aromatic rings. The summed E-state index contributed by atoms with van der Waals surface area (Å²) in [5.41, 5.74) is 1.31. The Balaban J connectivity index is 1.67. The van der Waals surface area contributed by atoms with E-state index in [0.29, 0.717) is 5.92 Å². The first kappa shape index (κ1) is 14.7. The molecule has 0 radical (unpaired) electrons. The second-order valence-corrected chi connectivity index (χ2v) is 7.38. The van der Waals surface area contributed by atoms with Gasteiger partial charge in [0, 0.05) is 18.0 Å². The van der Waals surface area contributed by atoms with Crippen LogP contribution in [0.3, 0.4) is 0 Å². The van der Waals surface area contributed by atoms with Crippen LogP contribution < -0.4 is 5.32 Å². The summed E-state index contributed by atoms with van der Waals surface area (Å²) < 4.78 is 0. The molecule has 1 unspecified atom stereocenters. The molecule has 1 aliphatic rings. The second-order valence-electron chi connectivity index (χ2n) is 6.18. The fourth-order valence-electron chi connectivity index (χ4n) is 3.06. The second kappa shape index (κ2) is 6.28. The van der Waals surface area contributed by atoms with Crippen LogP contribution >= 0.6 is 11.3 Å². The zero-order valence-corrected chi connectivity index (χ0v) is 14.0. The van der Waals surface area contributed by atoms with E-state index in [1.807, 2.05) is 0 Å². The topological polar surface area (TPSA) is 41.1 Å². The van der Waals surface area contributed by atoms with E-state index >= 15 is 0 Å². The molecule has 114 valence electrons. The van der Waals surface area contributed by atoms with Crippen molar-refractivity contribution >= 4 is 27.4 Å². The smallest absolute Gasteiger partial charge is 0.138 e. The average molecular weight is 304 g/mol. The van der Waals surface area contributed by atoms with Crippen molar-refractivity contribution < 1.29 is 0 Å². The molecule has 3 rings (SSSR count). The van der Waals surface area contributed by atoms with Crippen molar-refractivity contribution in [3.05, 3.63) is 16.8 Å². The molecule has 1 atom stereocenters. The van der Waals surface area contributed by atoms with Gasteiger partial charge < -0.3 is 10.2 Å². The van der Waals surface area contributed by atoms with Gasteiger partial charge in [-0.15, -0.1) is 11.3 Å². The highest BCUT2D eigenvalue weighted by molar-refractivity contribution is 7.18. The van der Waals surface area contributed by atoms with E-state index in [9.17, 15) is 0 Å². The van der Waals surface area contributed by atoms with Crippen LogP contribution in [0.15, 0.2) is 6.33 Å². The molecule has 5 heteroatoms. The van der Waals surface area contributed by atoms with Crippen LogP contribution in [0.5, 0.6) is 0 Å². The minimum Gasteiger partial charge on any atom is -0.369 e. The van der Waals surface area contributed by atoms with Gasteiger partial charge in [0.05, 0.1) is 5.39 Å². The minimum atomic E-state index is 0.633. The van der Waals surface area contributed by atoms with E-state index in [-0.39, 0.29) is 0 Å². The highest BCUT2D eigenvalue weighted by Crippen LogP contribution is 2.32. The summed E-state index contributed by atoms with van der Waals surface area (Å²) in [5, 5.41) is 4.75. The SMILES string of the molecule is Cc1sc2ncnc(NCC(C)CN3CCCC3)c2c1C. The van der Waals surface area contributed by atoms with E-state index in [1.165, 1.54) is 48.3 Å². The van der Waals surface area contributed by atoms with Gasteiger partial charge in [-0.3, -0.25) is 0 Å². The van der Waals surface area contributed by atoms with E-state index in [4.69, 9.17) is 0 Å². The van der Waals surface area contributed by atoms with Crippen molar-refractivity contribution in [3.63, 3.8) is 0 Å². The number of likely N-dealkylation sites (tertiary alicyclic amines) is 1. The van der Waals surface area contributed by atoms with Crippen molar-refractivity contribution in [3.8, 4) is 0 Å². The summed E-state index contributed by atoms with van der Waals surface area (Å²) in [7, 11) is 0. The number of aromatic nitrogens is 2.